The predicted octanol–water partition coefficient (Wildman–Crippen LogP) is 2.48. The van der Waals surface area contributed by atoms with Crippen molar-refractivity contribution in [2.24, 2.45) is 11.3 Å². The van der Waals surface area contributed by atoms with Gasteiger partial charge >= 0.3 is 0 Å². The summed E-state index contributed by atoms with van der Waals surface area (Å²) >= 11 is 3.41. The maximum Gasteiger partial charge on any atom is 0.229 e. The molecule has 1 aromatic rings. The van der Waals surface area contributed by atoms with E-state index in [1.54, 1.807) is 0 Å². The molecule has 1 unspecified atom stereocenters. The van der Waals surface area contributed by atoms with E-state index in [0.29, 0.717) is 5.82 Å². The number of aryl methyl sites for hydroxylation is 1. The number of aromatic nitrogens is 1. The minimum atomic E-state index is 0.135. The zero-order valence-electron chi connectivity index (χ0n) is 11.0. The van der Waals surface area contributed by atoms with Gasteiger partial charge in [-0.2, -0.15) is 0 Å². The number of piperidine rings is 1. The van der Waals surface area contributed by atoms with Crippen molar-refractivity contribution in [1.82, 2.24) is 10.3 Å². The summed E-state index contributed by atoms with van der Waals surface area (Å²) in [6.07, 6.45) is 3.28. The third-order valence-corrected chi connectivity index (χ3v) is 5.22. The Morgan fingerprint density at radius 1 is 1.47 bits per heavy atom. The van der Waals surface area contributed by atoms with E-state index in [1.165, 1.54) is 0 Å². The molecule has 19 heavy (non-hydrogen) atoms. The Bertz CT molecular complexity index is 511. The van der Waals surface area contributed by atoms with Crippen LogP contribution in [0.5, 0.6) is 0 Å². The van der Waals surface area contributed by atoms with Crippen LogP contribution in [-0.4, -0.2) is 24.0 Å². The Labute approximate surface area is 121 Å². The van der Waals surface area contributed by atoms with E-state index in [1.807, 2.05) is 19.1 Å². The van der Waals surface area contributed by atoms with Gasteiger partial charge in [0.2, 0.25) is 5.91 Å². The summed E-state index contributed by atoms with van der Waals surface area (Å²) in [4.78, 5) is 16.6. The fraction of sp³-hybridized carbons (Fsp3) is 0.571. The number of halogens is 1. The quantitative estimate of drug-likeness (QED) is 0.879. The minimum Gasteiger partial charge on any atom is -0.317 e. The van der Waals surface area contributed by atoms with E-state index < -0.39 is 0 Å². The van der Waals surface area contributed by atoms with Gasteiger partial charge in [0, 0.05) is 10.4 Å². The third-order valence-electron chi connectivity index (χ3n) is 4.38. The van der Waals surface area contributed by atoms with Crippen molar-refractivity contribution in [2.45, 2.75) is 26.2 Å². The highest BCUT2D eigenvalue weighted by atomic mass is 79.9. The topological polar surface area (TPSA) is 54.0 Å². The summed E-state index contributed by atoms with van der Waals surface area (Å²) in [5, 5.41) is 6.31. The van der Waals surface area contributed by atoms with Crippen LogP contribution in [0.2, 0.25) is 0 Å². The van der Waals surface area contributed by atoms with Crippen LogP contribution in [0.15, 0.2) is 16.6 Å². The summed E-state index contributed by atoms with van der Waals surface area (Å²) in [6.45, 7) is 4.00. The fourth-order valence-electron chi connectivity index (χ4n) is 3.02. The van der Waals surface area contributed by atoms with Gasteiger partial charge < -0.3 is 10.6 Å². The first-order chi connectivity index (χ1) is 9.11. The van der Waals surface area contributed by atoms with Crippen LogP contribution >= 0.6 is 15.9 Å². The molecule has 102 valence electrons. The van der Waals surface area contributed by atoms with Crippen molar-refractivity contribution in [1.29, 1.82) is 0 Å². The lowest BCUT2D eigenvalue weighted by atomic mass is 9.92. The van der Waals surface area contributed by atoms with Gasteiger partial charge in [0.15, 0.2) is 0 Å². The maximum atomic E-state index is 12.3. The molecule has 1 aliphatic heterocycles. The Morgan fingerprint density at radius 2 is 2.21 bits per heavy atom. The van der Waals surface area contributed by atoms with Crippen molar-refractivity contribution >= 4 is 27.7 Å². The zero-order valence-corrected chi connectivity index (χ0v) is 12.6. The number of hydrogen-bond donors (Lipinski definition) is 2. The molecular formula is C14H18BrN3O. The molecule has 0 radical (unpaired) electrons. The first-order valence-electron chi connectivity index (χ1n) is 6.75. The zero-order chi connectivity index (χ0) is 13.5. The molecule has 1 spiro atoms. The minimum absolute atomic E-state index is 0.135. The monoisotopic (exact) mass is 323 g/mol. The summed E-state index contributed by atoms with van der Waals surface area (Å²) in [5.41, 5.74) is 1.17. The number of nitrogens with one attached hydrogen (secondary N) is 2. The molecule has 1 aromatic heterocycles. The van der Waals surface area contributed by atoms with Gasteiger partial charge in [-0.25, -0.2) is 4.98 Å². The van der Waals surface area contributed by atoms with E-state index in [4.69, 9.17) is 0 Å². The van der Waals surface area contributed by atoms with Gasteiger partial charge in [-0.15, -0.1) is 0 Å². The van der Waals surface area contributed by atoms with Gasteiger partial charge in [0.05, 0.1) is 5.69 Å². The van der Waals surface area contributed by atoms with Gasteiger partial charge in [-0.05, 0) is 72.8 Å². The second-order valence-corrected chi connectivity index (χ2v) is 6.48. The van der Waals surface area contributed by atoms with E-state index in [0.717, 1.165) is 42.5 Å². The average Bonchev–Trinajstić information content (AvgIpc) is 3.08. The number of carbonyl (C=O) groups excluding carboxylic acids is 1. The van der Waals surface area contributed by atoms with Crippen LogP contribution in [0.1, 0.15) is 25.0 Å². The van der Waals surface area contributed by atoms with Crippen LogP contribution in [0, 0.1) is 18.3 Å². The highest BCUT2D eigenvalue weighted by molar-refractivity contribution is 9.10. The van der Waals surface area contributed by atoms with Crippen LogP contribution in [-0.2, 0) is 4.79 Å². The number of rotatable bonds is 2. The molecule has 2 N–H and O–H groups in total. The molecule has 1 atom stereocenters. The van der Waals surface area contributed by atoms with Crippen LogP contribution in [0.3, 0.4) is 0 Å². The molecule has 1 saturated heterocycles. The number of nitrogens with zero attached hydrogens (tertiary/aromatic N) is 1. The third kappa shape index (κ3) is 2.54. The van der Waals surface area contributed by atoms with Crippen LogP contribution in [0.25, 0.3) is 0 Å². The summed E-state index contributed by atoms with van der Waals surface area (Å²) in [5.74, 6) is 0.971. The van der Waals surface area contributed by atoms with Gasteiger partial charge in [-0.3, -0.25) is 4.79 Å². The number of pyridine rings is 1. The molecule has 1 amide bonds. The molecule has 4 nitrogen and oxygen atoms in total. The van der Waals surface area contributed by atoms with Crippen LogP contribution in [0.4, 0.5) is 5.82 Å². The lowest BCUT2D eigenvalue weighted by molar-refractivity contribution is -0.118. The molecule has 1 saturated carbocycles. The normalized spacial score (nSPS) is 24.2. The van der Waals surface area contributed by atoms with Crippen molar-refractivity contribution in [3.8, 4) is 0 Å². The van der Waals surface area contributed by atoms with Crippen molar-refractivity contribution in [2.75, 3.05) is 18.4 Å². The standard InChI is InChI=1S/C14H18BrN3O/c1-9-11(15)2-3-12(17-9)18-13(19)10-8-14(10)4-6-16-7-5-14/h2-3,10,16H,4-8H2,1H3,(H,17,18,19). The number of carbonyl (C=O) groups is 1. The maximum absolute atomic E-state index is 12.3. The summed E-state index contributed by atoms with van der Waals surface area (Å²) in [6, 6.07) is 3.76. The molecule has 2 heterocycles. The molecule has 0 aromatic carbocycles. The van der Waals surface area contributed by atoms with E-state index in [9.17, 15) is 4.79 Å². The smallest absolute Gasteiger partial charge is 0.229 e. The second kappa shape index (κ2) is 4.87. The number of hydrogen-bond acceptors (Lipinski definition) is 3. The Morgan fingerprint density at radius 3 is 2.89 bits per heavy atom. The molecule has 2 aliphatic rings. The molecule has 0 bridgehead atoms. The Balaban J connectivity index is 1.64. The lowest BCUT2D eigenvalue weighted by Gasteiger charge is -2.23. The largest absolute Gasteiger partial charge is 0.317 e. The summed E-state index contributed by atoms with van der Waals surface area (Å²) in [7, 11) is 0. The summed E-state index contributed by atoms with van der Waals surface area (Å²) < 4.78 is 0.965. The van der Waals surface area contributed by atoms with Crippen molar-refractivity contribution in [3.05, 3.63) is 22.3 Å². The second-order valence-electron chi connectivity index (χ2n) is 5.62. The van der Waals surface area contributed by atoms with E-state index in [2.05, 4.69) is 31.5 Å². The Kier molecular flexibility index (Phi) is 3.35. The van der Waals surface area contributed by atoms with E-state index >= 15 is 0 Å². The molecule has 1 aliphatic carbocycles. The molecule has 2 fully saturated rings. The SMILES string of the molecule is Cc1nc(NC(=O)C2CC23CCNCC3)ccc1Br. The fourth-order valence-corrected chi connectivity index (χ4v) is 3.24. The van der Waals surface area contributed by atoms with Gasteiger partial charge in [0.1, 0.15) is 5.82 Å². The van der Waals surface area contributed by atoms with Gasteiger partial charge in [0.25, 0.3) is 0 Å². The Hall–Kier alpha value is -0.940. The molecule has 3 rings (SSSR count). The van der Waals surface area contributed by atoms with E-state index in [-0.39, 0.29) is 17.2 Å². The van der Waals surface area contributed by atoms with Crippen molar-refractivity contribution in [3.63, 3.8) is 0 Å². The van der Waals surface area contributed by atoms with Gasteiger partial charge in [-0.1, -0.05) is 0 Å². The predicted molar refractivity (Wildman–Crippen MR) is 77.9 cm³/mol. The highest BCUT2D eigenvalue weighted by Crippen LogP contribution is 2.58. The first kappa shape index (κ1) is 13.1. The lowest BCUT2D eigenvalue weighted by Crippen LogP contribution is -2.31. The molecule has 5 heteroatoms. The number of anilines is 1. The first-order valence-corrected chi connectivity index (χ1v) is 7.55. The van der Waals surface area contributed by atoms with Crippen LogP contribution < -0.4 is 10.6 Å². The van der Waals surface area contributed by atoms with Crippen molar-refractivity contribution < 1.29 is 4.79 Å². The molecular weight excluding hydrogens is 306 g/mol. The average molecular weight is 324 g/mol. The highest BCUT2D eigenvalue weighted by Gasteiger charge is 2.57. The number of amides is 1.